The first-order valence-corrected chi connectivity index (χ1v) is 6.15. The molecule has 0 unspecified atom stereocenters. The van der Waals surface area contributed by atoms with Crippen LogP contribution in [0.4, 0.5) is 0 Å². The molecule has 0 bridgehead atoms. The number of amides is 1. The molecule has 0 radical (unpaired) electrons. The van der Waals surface area contributed by atoms with Gasteiger partial charge in [-0.15, -0.1) is 0 Å². The zero-order valence-electron chi connectivity index (χ0n) is 10.8. The van der Waals surface area contributed by atoms with E-state index in [1.54, 1.807) is 6.07 Å². The van der Waals surface area contributed by atoms with Crippen LogP contribution in [0.25, 0.3) is 5.65 Å². The molecular formula is C13H17N3O3. The fourth-order valence-electron chi connectivity index (χ4n) is 1.72. The van der Waals surface area contributed by atoms with Crippen LogP contribution in [0.1, 0.15) is 12.1 Å². The van der Waals surface area contributed by atoms with E-state index in [0.29, 0.717) is 24.4 Å². The van der Waals surface area contributed by atoms with E-state index < -0.39 is 0 Å². The average molecular weight is 263 g/mol. The molecule has 0 fully saturated rings. The number of ether oxygens (including phenoxy) is 1. The molecule has 0 aliphatic heterocycles. The van der Waals surface area contributed by atoms with Crippen molar-refractivity contribution in [2.75, 3.05) is 19.8 Å². The van der Waals surface area contributed by atoms with Crippen molar-refractivity contribution >= 4 is 11.6 Å². The number of aliphatic hydroxyl groups is 1. The summed E-state index contributed by atoms with van der Waals surface area (Å²) in [5, 5.41) is 11.3. The summed E-state index contributed by atoms with van der Waals surface area (Å²) in [6, 6.07) is 3.62. The summed E-state index contributed by atoms with van der Waals surface area (Å²) in [5.41, 5.74) is 1.59. The van der Waals surface area contributed by atoms with Gasteiger partial charge in [-0.2, -0.15) is 0 Å². The molecule has 0 aromatic carbocycles. The van der Waals surface area contributed by atoms with E-state index in [1.165, 1.54) is 0 Å². The van der Waals surface area contributed by atoms with Gasteiger partial charge < -0.3 is 19.6 Å². The number of nitrogens with zero attached hydrogens (tertiary/aromatic N) is 2. The lowest BCUT2D eigenvalue weighted by Crippen LogP contribution is -2.30. The molecule has 0 atom stereocenters. The van der Waals surface area contributed by atoms with Crippen LogP contribution in [0.2, 0.25) is 0 Å². The summed E-state index contributed by atoms with van der Waals surface area (Å²) in [4.78, 5) is 15.8. The highest BCUT2D eigenvalue weighted by Gasteiger charge is 2.07. The van der Waals surface area contributed by atoms with Crippen molar-refractivity contribution in [1.29, 1.82) is 0 Å². The molecule has 2 aromatic heterocycles. The first-order valence-electron chi connectivity index (χ1n) is 6.15. The van der Waals surface area contributed by atoms with Gasteiger partial charge in [0.15, 0.2) is 18.0 Å². The Morgan fingerprint density at radius 3 is 3.21 bits per heavy atom. The average Bonchev–Trinajstić information content (AvgIpc) is 2.77. The van der Waals surface area contributed by atoms with Crippen LogP contribution in [0.15, 0.2) is 24.5 Å². The summed E-state index contributed by atoms with van der Waals surface area (Å²) in [6.45, 7) is 2.36. The Morgan fingerprint density at radius 2 is 2.42 bits per heavy atom. The van der Waals surface area contributed by atoms with Crippen molar-refractivity contribution in [1.82, 2.24) is 14.7 Å². The van der Waals surface area contributed by atoms with Gasteiger partial charge in [0.25, 0.3) is 5.91 Å². The van der Waals surface area contributed by atoms with Gasteiger partial charge >= 0.3 is 0 Å². The third kappa shape index (κ3) is 3.45. The maximum atomic E-state index is 11.5. The van der Waals surface area contributed by atoms with Crippen molar-refractivity contribution in [2.24, 2.45) is 0 Å². The molecule has 6 heteroatoms. The van der Waals surface area contributed by atoms with E-state index in [-0.39, 0.29) is 19.1 Å². The maximum Gasteiger partial charge on any atom is 0.257 e. The van der Waals surface area contributed by atoms with Crippen LogP contribution in [0.3, 0.4) is 0 Å². The number of carbonyl (C=O) groups excluding carboxylic acids is 1. The van der Waals surface area contributed by atoms with E-state index in [9.17, 15) is 4.79 Å². The number of pyridine rings is 1. The molecule has 2 N–H and O–H groups in total. The number of aryl methyl sites for hydroxylation is 1. The summed E-state index contributed by atoms with van der Waals surface area (Å²) in [7, 11) is 0. The normalized spacial score (nSPS) is 10.6. The van der Waals surface area contributed by atoms with E-state index >= 15 is 0 Å². The minimum absolute atomic E-state index is 0.0585. The molecule has 0 saturated carbocycles. The molecule has 2 rings (SSSR count). The number of fused-ring (bicyclic) bond motifs is 1. The largest absolute Gasteiger partial charge is 0.480 e. The number of rotatable bonds is 6. The zero-order chi connectivity index (χ0) is 13.7. The third-order valence-electron chi connectivity index (χ3n) is 2.58. The first-order chi connectivity index (χ1) is 9.20. The van der Waals surface area contributed by atoms with E-state index in [2.05, 4.69) is 10.3 Å². The number of nitrogens with one attached hydrogen (secondary N) is 1. The fourth-order valence-corrected chi connectivity index (χ4v) is 1.72. The monoisotopic (exact) mass is 263 g/mol. The predicted molar refractivity (Wildman–Crippen MR) is 70.1 cm³/mol. The highest BCUT2D eigenvalue weighted by Crippen LogP contribution is 2.18. The van der Waals surface area contributed by atoms with Gasteiger partial charge in [0.2, 0.25) is 0 Å². The molecule has 2 aromatic rings. The quantitative estimate of drug-likeness (QED) is 0.745. The summed E-state index contributed by atoms with van der Waals surface area (Å²) in [6.07, 6.45) is 4.31. The molecule has 1 amide bonds. The Bertz CT molecular complexity index is 565. The highest BCUT2D eigenvalue weighted by atomic mass is 16.5. The van der Waals surface area contributed by atoms with Crippen LogP contribution in [0.5, 0.6) is 5.75 Å². The smallest absolute Gasteiger partial charge is 0.257 e. The molecule has 0 aliphatic rings. The number of carbonyl (C=O) groups is 1. The van der Waals surface area contributed by atoms with Gasteiger partial charge in [0.05, 0.1) is 5.69 Å². The third-order valence-corrected chi connectivity index (χ3v) is 2.58. The first kappa shape index (κ1) is 13.4. The Kier molecular flexibility index (Phi) is 4.35. The Morgan fingerprint density at radius 1 is 1.58 bits per heavy atom. The lowest BCUT2D eigenvalue weighted by atomic mass is 10.4. The second kappa shape index (κ2) is 6.19. The number of imidazole rings is 1. The highest BCUT2D eigenvalue weighted by molar-refractivity contribution is 5.77. The van der Waals surface area contributed by atoms with Crippen molar-refractivity contribution < 1.29 is 14.6 Å². The van der Waals surface area contributed by atoms with Gasteiger partial charge in [0, 0.05) is 25.5 Å². The molecule has 102 valence electrons. The number of aliphatic hydroxyl groups excluding tert-OH is 1. The van der Waals surface area contributed by atoms with E-state index in [1.807, 2.05) is 29.8 Å². The van der Waals surface area contributed by atoms with Crippen molar-refractivity contribution in [3.05, 3.63) is 30.2 Å². The van der Waals surface area contributed by atoms with Crippen molar-refractivity contribution in [3.63, 3.8) is 0 Å². The van der Waals surface area contributed by atoms with Gasteiger partial charge in [-0.05, 0) is 25.5 Å². The van der Waals surface area contributed by atoms with E-state index in [0.717, 1.165) is 5.69 Å². The summed E-state index contributed by atoms with van der Waals surface area (Å²) >= 11 is 0. The van der Waals surface area contributed by atoms with Crippen LogP contribution in [-0.2, 0) is 4.79 Å². The van der Waals surface area contributed by atoms with Crippen molar-refractivity contribution in [3.8, 4) is 5.75 Å². The SMILES string of the molecule is Cc1cn2cccc(OCC(=O)NCCCO)c2n1. The van der Waals surface area contributed by atoms with Gasteiger partial charge in [0.1, 0.15) is 0 Å². The standard InChI is InChI=1S/C13H17N3O3/c1-10-8-16-6-2-4-11(13(16)15-10)19-9-12(18)14-5-3-7-17/h2,4,6,8,17H,3,5,7,9H2,1H3,(H,14,18). The minimum atomic E-state index is -0.210. The van der Waals surface area contributed by atoms with Gasteiger partial charge in [-0.25, -0.2) is 4.98 Å². The Hall–Kier alpha value is -2.08. The molecule has 19 heavy (non-hydrogen) atoms. The van der Waals surface area contributed by atoms with Crippen LogP contribution in [0, 0.1) is 6.92 Å². The molecule has 0 aliphatic carbocycles. The lowest BCUT2D eigenvalue weighted by molar-refractivity contribution is -0.123. The topological polar surface area (TPSA) is 75.9 Å². The van der Waals surface area contributed by atoms with E-state index in [4.69, 9.17) is 9.84 Å². The Labute approximate surface area is 111 Å². The Balaban J connectivity index is 1.96. The number of hydrogen-bond donors (Lipinski definition) is 2. The lowest BCUT2D eigenvalue weighted by Gasteiger charge is -2.07. The second-order valence-electron chi connectivity index (χ2n) is 4.20. The van der Waals surface area contributed by atoms with Crippen LogP contribution < -0.4 is 10.1 Å². The molecular weight excluding hydrogens is 246 g/mol. The van der Waals surface area contributed by atoms with Gasteiger partial charge in [-0.1, -0.05) is 0 Å². The van der Waals surface area contributed by atoms with Crippen molar-refractivity contribution in [2.45, 2.75) is 13.3 Å². The summed E-state index contributed by atoms with van der Waals surface area (Å²) in [5.74, 6) is 0.367. The van der Waals surface area contributed by atoms with Crippen LogP contribution >= 0.6 is 0 Å². The molecule has 6 nitrogen and oxygen atoms in total. The molecule has 0 saturated heterocycles. The van der Waals surface area contributed by atoms with Gasteiger partial charge in [-0.3, -0.25) is 4.79 Å². The summed E-state index contributed by atoms with van der Waals surface area (Å²) < 4.78 is 7.32. The minimum Gasteiger partial charge on any atom is -0.480 e. The predicted octanol–water partition coefficient (Wildman–Crippen LogP) is 0.520. The second-order valence-corrected chi connectivity index (χ2v) is 4.20. The fraction of sp³-hybridized carbons (Fsp3) is 0.385. The van der Waals surface area contributed by atoms with Crippen LogP contribution in [-0.4, -0.2) is 40.2 Å². The molecule has 2 heterocycles. The maximum absolute atomic E-state index is 11.5. The zero-order valence-corrected chi connectivity index (χ0v) is 10.8. The number of hydrogen-bond acceptors (Lipinski definition) is 4. The molecule has 0 spiro atoms. The number of aromatic nitrogens is 2.